The molecule has 2 aromatic rings. The van der Waals surface area contributed by atoms with Crippen molar-refractivity contribution >= 4 is 28.7 Å². The highest BCUT2D eigenvalue weighted by molar-refractivity contribution is 6.31. The van der Waals surface area contributed by atoms with Gasteiger partial charge in [0.25, 0.3) is 0 Å². The highest BCUT2D eigenvalue weighted by Crippen LogP contribution is 2.17. The highest BCUT2D eigenvalue weighted by atomic mass is 35.5. The lowest BCUT2D eigenvalue weighted by atomic mass is 9.99. The molecule has 124 valence electrons. The van der Waals surface area contributed by atoms with Crippen molar-refractivity contribution in [2.75, 3.05) is 26.2 Å². The van der Waals surface area contributed by atoms with Crippen LogP contribution in [-0.2, 0) is 6.42 Å². The van der Waals surface area contributed by atoms with E-state index in [1.165, 1.54) is 0 Å². The molecule has 23 heavy (non-hydrogen) atoms. The number of aromatic amines is 1. The van der Waals surface area contributed by atoms with Crippen molar-refractivity contribution in [1.82, 2.24) is 20.2 Å². The lowest BCUT2D eigenvalue weighted by Crippen LogP contribution is -2.46. The molecule has 2 amide bonds. The summed E-state index contributed by atoms with van der Waals surface area (Å²) >= 11 is 5.96. The summed E-state index contributed by atoms with van der Waals surface area (Å²) in [6, 6.07) is 5.46. The topological polar surface area (TPSA) is 81.2 Å². The standard InChI is InChI=1S/C16H21ClN4O2/c17-12-3-4-13-14(8-12)20-15(19-13)5-6-18-16(23)21-7-1-2-11(9-21)10-22/h3-4,8,11,22H,1-2,5-7,9-10H2,(H,18,23)(H,19,20)/t11-/m0/s1. The lowest BCUT2D eigenvalue weighted by Gasteiger charge is -2.31. The van der Waals surface area contributed by atoms with Crippen LogP contribution in [0.5, 0.6) is 0 Å². The van der Waals surface area contributed by atoms with Crippen LogP contribution in [0.25, 0.3) is 11.0 Å². The molecule has 1 aromatic carbocycles. The number of hydrogen-bond acceptors (Lipinski definition) is 3. The molecule has 6 nitrogen and oxygen atoms in total. The van der Waals surface area contributed by atoms with Crippen LogP contribution in [0.3, 0.4) is 0 Å². The number of aliphatic hydroxyl groups is 1. The Hall–Kier alpha value is -1.79. The van der Waals surface area contributed by atoms with Crippen LogP contribution in [0.15, 0.2) is 18.2 Å². The summed E-state index contributed by atoms with van der Waals surface area (Å²) in [7, 11) is 0. The molecule has 3 N–H and O–H groups in total. The van der Waals surface area contributed by atoms with E-state index in [1.807, 2.05) is 18.2 Å². The van der Waals surface area contributed by atoms with Crippen molar-refractivity contribution in [3.8, 4) is 0 Å². The largest absolute Gasteiger partial charge is 0.396 e. The van der Waals surface area contributed by atoms with Gasteiger partial charge in [0.05, 0.1) is 11.0 Å². The van der Waals surface area contributed by atoms with Gasteiger partial charge in [-0.05, 0) is 37.0 Å². The lowest BCUT2D eigenvalue weighted by molar-refractivity contribution is 0.129. The van der Waals surface area contributed by atoms with Crippen LogP contribution in [0.1, 0.15) is 18.7 Å². The first-order valence-electron chi connectivity index (χ1n) is 7.93. The van der Waals surface area contributed by atoms with E-state index in [0.717, 1.165) is 36.2 Å². The number of fused-ring (bicyclic) bond motifs is 1. The van der Waals surface area contributed by atoms with Gasteiger partial charge in [0.15, 0.2) is 0 Å². The molecule has 3 rings (SSSR count). The number of aliphatic hydroxyl groups excluding tert-OH is 1. The van der Waals surface area contributed by atoms with Crippen LogP contribution < -0.4 is 5.32 Å². The molecule has 0 spiro atoms. The number of carbonyl (C=O) groups is 1. The summed E-state index contributed by atoms with van der Waals surface area (Å²) in [5.74, 6) is 1.03. The van der Waals surface area contributed by atoms with E-state index in [-0.39, 0.29) is 18.6 Å². The Kier molecular flexibility index (Phi) is 5.03. The molecule has 0 saturated carbocycles. The average Bonchev–Trinajstić information content (AvgIpc) is 2.96. The third-order valence-electron chi connectivity index (χ3n) is 4.20. The summed E-state index contributed by atoms with van der Waals surface area (Å²) in [4.78, 5) is 21.6. The molecule has 7 heteroatoms. The number of likely N-dealkylation sites (tertiary alicyclic amines) is 1. The van der Waals surface area contributed by atoms with Crippen molar-refractivity contribution in [2.24, 2.45) is 5.92 Å². The van der Waals surface area contributed by atoms with E-state index in [1.54, 1.807) is 4.90 Å². The fourth-order valence-electron chi connectivity index (χ4n) is 2.95. The first kappa shape index (κ1) is 16.1. The van der Waals surface area contributed by atoms with E-state index in [2.05, 4.69) is 15.3 Å². The van der Waals surface area contributed by atoms with Gasteiger partial charge in [0.2, 0.25) is 0 Å². The number of halogens is 1. The quantitative estimate of drug-likeness (QED) is 0.800. The summed E-state index contributed by atoms with van der Waals surface area (Å²) in [6.45, 7) is 2.05. The number of urea groups is 1. The Morgan fingerprint density at radius 1 is 1.52 bits per heavy atom. The molecule has 1 aliphatic heterocycles. The fourth-order valence-corrected chi connectivity index (χ4v) is 3.12. The van der Waals surface area contributed by atoms with Crippen LogP contribution in [0.2, 0.25) is 5.02 Å². The Bertz CT molecular complexity index is 688. The maximum Gasteiger partial charge on any atom is 0.317 e. The maximum absolute atomic E-state index is 12.2. The molecule has 1 saturated heterocycles. The zero-order chi connectivity index (χ0) is 16.2. The van der Waals surface area contributed by atoms with E-state index >= 15 is 0 Å². The zero-order valence-electron chi connectivity index (χ0n) is 12.9. The minimum absolute atomic E-state index is 0.0673. The molecule has 0 bridgehead atoms. The Morgan fingerprint density at radius 2 is 2.39 bits per heavy atom. The predicted octanol–water partition coefficient (Wildman–Crippen LogP) is 2.17. The van der Waals surface area contributed by atoms with Crippen molar-refractivity contribution in [2.45, 2.75) is 19.3 Å². The molecule has 1 aromatic heterocycles. The smallest absolute Gasteiger partial charge is 0.317 e. The maximum atomic E-state index is 12.2. The molecule has 0 radical (unpaired) electrons. The second-order valence-electron chi connectivity index (χ2n) is 5.96. The minimum Gasteiger partial charge on any atom is -0.396 e. The molecular weight excluding hydrogens is 316 g/mol. The number of carbonyl (C=O) groups excluding carboxylic acids is 1. The number of hydrogen-bond donors (Lipinski definition) is 3. The van der Waals surface area contributed by atoms with Gasteiger partial charge in [-0.3, -0.25) is 0 Å². The van der Waals surface area contributed by atoms with Crippen molar-refractivity contribution in [3.05, 3.63) is 29.0 Å². The number of piperidine rings is 1. The third-order valence-corrected chi connectivity index (χ3v) is 4.43. The normalized spacial score (nSPS) is 18.3. The Labute approximate surface area is 139 Å². The van der Waals surface area contributed by atoms with E-state index in [4.69, 9.17) is 11.6 Å². The highest BCUT2D eigenvalue weighted by Gasteiger charge is 2.22. The molecule has 1 atom stereocenters. The minimum atomic E-state index is -0.0673. The predicted molar refractivity (Wildman–Crippen MR) is 89.6 cm³/mol. The van der Waals surface area contributed by atoms with Crippen molar-refractivity contribution < 1.29 is 9.90 Å². The van der Waals surface area contributed by atoms with Gasteiger partial charge in [0.1, 0.15) is 5.82 Å². The molecule has 1 fully saturated rings. The summed E-state index contributed by atoms with van der Waals surface area (Å²) < 4.78 is 0. The summed E-state index contributed by atoms with van der Waals surface area (Å²) in [6.07, 6.45) is 2.57. The van der Waals surface area contributed by atoms with E-state index in [9.17, 15) is 9.90 Å². The SMILES string of the molecule is O=C(NCCc1nc2ccc(Cl)cc2[nH]1)N1CCC[C@H](CO)C1. The van der Waals surface area contributed by atoms with Crippen molar-refractivity contribution in [3.63, 3.8) is 0 Å². The molecular formula is C16H21ClN4O2. The fraction of sp³-hybridized carbons (Fsp3) is 0.500. The molecule has 0 aliphatic carbocycles. The van der Waals surface area contributed by atoms with Gasteiger partial charge in [-0.1, -0.05) is 11.6 Å². The van der Waals surface area contributed by atoms with Crippen LogP contribution in [-0.4, -0.2) is 52.2 Å². The first-order valence-corrected chi connectivity index (χ1v) is 8.31. The molecule has 2 heterocycles. The number of nitrogens with zero attached hydrogens (tertiary/aromatic N) is 2. The van der Waals surface area contributed by atoms with Gasteiger partial charge in [-0.25, -0.2) is 9.78 Å². The Balaban J connectivity index is 1.51. The van der Waals surface area contributed by atoms with Crippen LogP contribution in [0, 0.1) is 5.92 Å². The number of aromatic nitrogens is 2. The van der Waals surface area contributed by atoms with Gasteiger partial charge in [0, 0.05) is 37.7 Å². The number of H-pyrrole nitrogens is 1. The Morgan fingerprint density at radius 3 is 3.22 bits per heavy atom. The van der Waals surface area contributed by atoms with Gasteiger partial charge in [-0.15, -0.1) is 0 Å². The van der Waals surface area contributed by atoms with E-state index in [0.29, 0.717) is 24.5 Å². The second-order valence-corrected chi connectivity index (χ2v) is 6.40. The molecule has 1 aliphatic rings. The monoisotopic (exact) mass is 336 g/mol. The number of imidazole rings is 1. The van der Waals surface area contributed by atoms with Crippen LogP contribution in [0.4, 0.5) is 4.79 Å². The number of nitrogens with one attached hydrogen (secondary N) is 2. The third kappa shape index (κ3) is 3.95. The van der Waals surface area contributed by atoms with Gasteiger partial charge < -0.3 is 20.3 Å². The second kappa shape index (κ2) is 7.19. The number of benzene rings is 1. The number of amides is 2. The first-order chi connectivity index (χ1) is 11.2. The van der Waals surface area contributed by atoms with E-state index < -0.39 is 0 Å². The molecule has 0 unspecified atom stereocenters. The van der Waals surface area contributed by atoms with Gasteiger partial charge >= 0.3 is 6.03 Å². The average molecular weight is 337 g/mol. The zero-order valence-corrected chi connectivity index (χ0v) is 13.6. The summed E-state index contributed by atoms with van der Waals surface area (Å²) in [5.41, 5.74) is 1.78. The van der Waals surface area contributed by atoms with Crippen LogP contribution >= 0.6 is 11.6 Å². The van der Waals surface area contributed by atoms with Crippen molar-refractivity contribution in [1.29, 1.82) is 0 Å². The summed E-state index contributed by atoms with van der Waals surface area (Å²) in [5, 5.41) is 12.8. The number of rotatable bonds is 4. The van der Waals surface area contributed by atoms with Gasteiger partial charge in [-0.2, -0.15) is 0 Å².